The molecule has 2 aromatic rings. The van der Waals surface area contributed by atoms with Crippen molar-refractivity contribution in [3.8, 4) is 11.5 Å². The molecule has 144 valence electrons. The number of hydrogen-bond donors (Lipinski definition) is 2. The van der Waals surface area contributed by atoms with Crippen molar-refractivity contribution in [2.75, 3.05) is 0 Å². The lowest BCUT2D eigenvalue weighted by Gasteiger charge is -2.18. The van der Waals surface area contributed by atoms with Crippen LogP contribution in [0.2, 0.25) is 0 Å². The molecule has 0 aromatic heterocycles. The average Bonchev–Trinajstić information content (AvgIpc) is 3.04. The van der Waals surface area contributed by atoms with E-state index in [9.17, 15) is 13.2 Å². The molecule has 3 rings (SSSR count). The van der Waals surface area contributed by atoms with Gasteiger partial charge in [-0.05, 0) is 43.7 Å². The Kier molecular flexibility index (Phi) is 5.94. The van der Waals surface area contributed by atoms with Gasteiger partial charge < -0.3 is 15.4 Å². The SMILES string of the molecule is Cc1ccc(Oc2ccc(C(C)NC3=CNC(CC(F)F)C3)cc2F)cc1. The van der Waals surface area contributed by atoms with Gasteiger partial charge in [0.2, 0.25) is 6.43 Å². The predicted molar refractivity (Wildman–Crippen MR) is 99.4 cm³/mol. The van der Waals surface area contributed by atoms with Crippen LogP contribution in [0.1, 0.15) is 36.9 Å². The first-order valence-electron chi connectivity index (χ1n) is 8.94. The van der Waals surface area contributed by atoms with Crippen LogP contribution in [0.5, 0.6) is 11.5 Å². The molecule has 1 heterocycles. The number of hydrogen-bond acceptors (Lipinski definition) is 3. The monoisotopic (exact) mass is 376 g/mol. The first-order chi connectivity index (χ1) is 12.9. The van der Waals surface area contributed by atoms with Crippen LogP contribution in [0.4, 0.5) is 13.2 Å². The summed E-state index contributed by atoms with van der Waals surface area (Å²) in [5.41, 5.74) is 2.69. The molecule has 0 saturated heterocycles. The maximum atomic E-state index is 14.4. The topological polar surface area (TPSA) is 33.3 Å². The minimum atomic E-state index is -2.33. The fourth-order valence-corrected chi connectivity index (χ4v) is 3.03. The van der Waals surface area contributed by atoms with E-state index >= 15 is 0 Å². The van der Waals surface area contributed by atoms with E-state index in [0.717, 1.165) is 16.8 Å². The lowest BCUT2D eigenvalue weighted by atomic mass is 10.1. The van der Waals surface area contributed by atoms with Crippen LogP contribution in [0.15, 0.2) is 54.4 Å². The Morgan fingerprint density at radius 3 is 2.59 bits per heavy atom. The van der Waals surface area contributed by atoms with Crippen LogP contribution in [-0.4, -0.2) is 12.5 Å². The highest BCUT2D eigenvalue weighted by Gasteiger charge is 2.21. The minimum absolute atomic E-state index is 0.161. The van der Waals surface area contributed by atoms with Crippen molar-refractivity contribution >= 4 is 0 Å². The number of benzene rings is 2. The molecule has 0 radical (unpaired) electrons. The smallest absolute Gasteiger partial charge is 0.240 e. The highest BCUT2D eigenvalue weighted by molar-refractivity contribution is 5.36. The van der Waals surface area contributed by atoms with Crippen molar-refractivity contribution in [2.24, 2.45) is 0 Å². The Bertz CT molecular complexity index is 806. The Labute approximate surface area is 157 Å². The summed E-state index contributed by atoms with van der Waals surface area (Å²) in [7, 11) is 0. The van der Waals surface area contributed by atoms with Gasteiger partial charge in [0.15, 0.2) is 11.6 Å². The molecule has 1 aliphatic heterocycles. The zero-order valence-electron chi connectivity index (χ0n) is 15.3. The quantitative estimate of drug-likeness (QED) is 0.675. The summed E-state index contributed by atoms with van der Waals surface area (Å²) in [5.74, 6) is 0.287. The van der Waals surface area contributed by atoms with Gasteiger partial charge in [0, 0.05) is 36.8 Å². The number of rotatable bonds is 7. The second kappa shape index (κ2) is 8.37. The van der Waals surface area contributed by atoms with Gasteiger partial charge in [0.05, 0.1) is 0 Å². The lowest BCUT2D eigenvalue weighted by Crippen LogP contribution is -2.23. The molecule has 0 spiro atoms. The van der Waals surface area contributed by atoms with Crippen molar-refractivity contribution in [3.63, 3.8) is 0 Å². The zero-order valence-corrected chi connectivity index (χ0v) is 15.3. The summed E-state index contributed by atoms with van der Waals surface area (Å²) < 4.78 is 45.0. The zero-order chi connectivity index (χ0) is 19.4. The van der Waals surface area contributed by atoms with Crippen LogP contribution >= 0.6 is 0 Å². The first-order valence-corrected chi connectivity index (χ1v) is 8.94. The standard InChI is InChI=1S/C21H23F3N2O/c1-13-3-6-18(7-4-13)27-20-8-5-15(9-19(20)22)14(2)26-17-10-16(25-12-17)11-21(23)24/h3-9,12,14,16,21,25-26H,10-11H2,1-2H3. The van der Waals surface area contributed by atoms with Gasteiger partial charge in [0.25, 0.3) is 0 Å². The van der Waals surface area contributed by atoms with E-state index in [1.54, 1.807) is 30.5 Å². The number of halogens is 3. The number of aryl methyl sites for hydroxylation is 1. The van der Waals surface area contributed by atoms with Crippen molar-refractivity contribution in [2.45, 2.75) is 45.2 Å². The molecule has 0 fully saturated rings. The Hall–Kier alpha value is -2.63. The molecular weight excluding hydrogens is 353 g/mol. The summed E-state index contributed by atoms with van der Waals surface area (Å²) in [5, 5.41) is 6.20. The molecule has 1 aliphatic rings. The Morgan fingerprint density at radius 1 is 1.19 bits per heavy atom. The number of nitrogens with one attached hydrogen (secondary N) is 2. The maximum Gasteiger partial charge on any atom is 0.240 e. The van der Waals surface area contributed by atoms with Crippen molar-refractivity contribution in [3.05, 3.63) is 71.3 Å². The lowest BCUT2D eigenvalue weighted by molar-refractivity contribution is 0.126. The molecule has 27 heavy (non-hydrogen) atoms. The highest BCUT2D eigenvalue weighted by Crippen LogP contribution is 2.28. The third-order valence-corrected chi connectivity index (χ3v) is 4.53. The maximum absolute atomic E-state index is 14.4. The van der Waals surface area contributed by atoms with E-state index in [0.29, 0.717) is 12.2 Å². The number of alkyl halides is 2. The largest absolute Gasteiger partial charge is 0.454 e. The van der Waals surface area contributed by atoms with Crippen LogP contribution in [0.25, 0.3) is 0 Å². The summed E-state index contributed by atoms with van der Waals surface area (Å²) in [6.07, 6.45) is -0.293. The third-order valence-electron chi connectivity index (χ3n) is 4.53. The molecule has 2 unspecified atom stereocenters. The summed E-state index contributed by atoms with van der Waals surface area (Å²) in [6.45, 7) is 3.87. The van der Waals surface area contributed by atoms with Crippen LogP contribution in [0, 0.1) is 12.7 Å². The van der Waals surface area contributed by atoms with E-state index < -0.39 is 12.2 Å². The molecule has 0 aliphatic carbocycles. The summed E-state index contributed by atoms with van der Waals surface area (Å²) in [6, 6.07) is 11.8. The molecule has 0 saturated carbocycles. The van der Waals surface area contributed by atoms with E-state index in [1.807, 2.05) is 26.0 Å². The van der Waals surface area contributed by atoms with Gasteiger partial charge >= 0.3 is 0 Å². The molecular formula is C21H23F3N2O. The molecule has 6 heteroatoms. The van der Waals surface area contributed by atoms with Gasteiger partial charge in [-0.2, -0.15) is 0 Å². The van der Waals surface area contributed by atoms with Crippen LogP contribution in [-0.2, 0) is 0 Å². The van der Waals surface area contributed by atoms with Gasteiger partial charge in [0.1, 0.15) is 5.75 Å². The van der Waals surface area contributed by atoms with Gasteiger partial charge in [-0.15, -0.1) is 0 Å². The van der Waals surface area contributed by atoms with Crippen LogP contribution in [0.3, 0.4) is 0 Å². The Morgan fingerprint density at radius 2 is 1.93 bits per heavy atom. The average molecular weight is 376 g/mol. The van der Waals surface area contributed by atoms with Crippen molar-refractivity contribution in [1.82, 2.24) is 10.6 Å². The van der Waals surface area contributed by atoms with E-state index in [2.05, 4.69) is 10.6 Å². The number of ether oxygens (including phenoxy) is 1. The van der Waals surface area contributed by atoms with Gasteiger partial charge in [-0.25, -0.2) is 13.2 Å². The second-order valence-corrected chi connectivity index (χ2v) is 6.84. The van der Waals surface area contributed by atoms with E-state index in [1.165, 1.54) is 6.07 Å². The fourth-order valence-electron chi connectivity index (χ4n) is 3.03. The van der Waals surface area contributed by atoms with E-state index in [4.69, 9.17) is 4.74 Å². The molecule has 0 bridgehead atoms. The molecule has 3 nitrogen and oxygen atoms in total. The highest BCUT2D eigenvalue weighted by atomic mass is 19.3. The normalized spacial score (nSPS) is 17.4. The molecule has 0 amide bonds. The summed E-state index contributed by atoms with van der Waals surface area (Å²) >= 11 is 0. The van der Waals surface area contributed by atoms with Crippen molar-refractivity contribution in [1.29, 1.82) is 0 Å². The predicted octanol–water partition coefficient (Wildman–Crippen LogP) is 5.44. The molecule has 2 aromatic carbocycles. The Balaban J connectivity index is 1.60. The van der Waals surface area contributed by atoms with Gasteiger partial charge in [-0.1, -0.05) is 23.8 Å². The second-order valence-electron chi connectivity index (χ2n) is 6.84. The third kappa shape index (κ3) is 5.18. The molecule has 2 atom stereocenters. The fraction of sp³-hybridized carbons (Fsp3) is 0.333. The minimum Gasteiger partial charge on any atom is -0.454 e. The van der Waals surface area contributed by atoms with E-state index in [-0.39, 0.29) is 24.3 Å². The first kappa shape index (κ1) is 19.1. The van der Waals surface area contributed by atoms with Crippen LogP contribution < -0.4 is 15.4 Å². The van der Waals surface area contributed by atoms with Gasteiger partial charge in [-0.3, -0.25) is 0 Å². The van der Waals surface area contributed by atoms with Crippen molar-refractivity contribution < 1.29 is 17.9 Å². The summed E-state index contributed by atoms with van der Waals surface area (Å²) in [4.78, 5) is 0. The molecule has 2 N–H and O–H groups in total.